The lowest BCUT2D eigenvalue weighted by Crippen LogP contribution is -2.51. The Morgan fingerprint density at radius 2 is 1.77 bits per heavy atom. The topological polar surface area (TPSA) is 58.8 Å². The Kier molecular flexibility index (Phi) is 5.75. The van der Waals surface area contributed by atoms with Crippen molar-refractivity contribution in [2.75, 3.05) is 26.2 Å². The summed E-state index contributed by atoms with van der Waals surface area (Å²) < 4.78 is 11.3. The lowest BCUT2D eigenvalue weighted by molar-refractivity contribution is 0.0564. The van der Waals surface area contributed by atoms with Gasteiger partial charge in [0, 0.05) is 38.3 Å². The molecule has 2 fully saturated rings. The van der Waals surface area contributed by atoms with Crippen LogP contribution in [0.2, 0.25) is 0 Å². The van der Waals surface area contributed by atoms with E-state index < -0.39 is 0 Å². The minimum absolute atomic E-state index is 0.0372. The van der Waals surface area contributed by atoms with E-state index in [1.165, 1.54) is 49.7 Å². The number of aryl methyl sites for hydroxylation is 2. The van der Waals surface area contributed by atoms with Crippen LogP contribution in [0.15, 0.2) is 28.8 Å². The van der Waals surface area contributed by atoms with Crippen molar-refractivity contribution in [3.63, 3.8) is 0 Å². The van der Waals surface area contributed by atoms with Gasteiger partial charge in [-0.15, -0.1) is 0 Å². The highest BCUT2D eigenvalue weighted by Gasteiger charge is 2.29. The summed E-state index contributed by atoms with van der Waals surface area (Å²) in [6.07, 6.45) is 10.1. The molecule has 0 spiro atoms. The van der Waals surface area contributed by atoms with Crippen LogP contribution < -0.4 is 4.74 Å². The Balaban J connectivity index is 1.14. The SMILES string of the molecule is O=C(c1cc(COc2ccc3c(c2)CCCC3)on1)N1CCN(C2CCCC2)CC1. The van der Waals surface area contributed by atoms with Gasteiger partial charge in [0.1, 0.15) is 12.4 Å². The van der Waals surface area contributed by atoms with Gasteiger partial charge in [-0.1, -0.05) is 24.1 Å². The summed E-state index contributed by atoms with van der Waals surface area (Å²) in [6, 6.07) is 8.78. The van der Waals surface area contributed by atoms with Gasteiger partial charge in [0.2, 0.25) is 0 Å². The van der Waals surface area contributed by atoms with E-state index in [1.54, 1.807) is 6.07 Å². The first-order chi connectivity index (χ1) is 14.8. The van der Waals surface area contributed by atoms with Crippen molar-refractivity contribution >= 4 is 5.91 Å². The molecule has 6 heteroatoms. The number of amides is 1. The van der Waals surface area contributed by atoms with Crippen molar-refractivity contribution in [1.82, 2.24) is 15.0 Å². The van der Waals surface area contributed by atoms with Gasteiger partial charge in [0.15, 0.2) is 11.5 Å². The summed E-state index contributed by atoms with van der Waals surface area (Å²) in [5, 5.41) is 4.01. The lowest BCUT2D eigenvalue weighted by Gasteiger charge is -2.37. The number of hydrogen-bond acceptors (Lipinski definition) is 5. The molecule has 0 atom stereocenters. The van der Waals surface area contributed by atoms with E-state index in [-0.39, 0.29) is 12.5 Å². The fraction of sp³-hybridized carbons (Fsp3) is 0.583. The Hall–Kier alpha value is -2.34. The molecule has 5 rings (SSSR count). The van der Waals surface area contributed by atoms with Crippen LogP contribution in [-0.2, 0) is 19.4 Å². The van der Waals surface area contributed by atoms with Crippen LogP contribution in [0, 0.1) is 0 Å². The van der Waals surface area contributed by atoms with E-state index in [0.29, 0.717) is 11.5 Å². The Morgan fingerprint density at radius 3 is 2.57 bits per heavy atom. The number of aromatic nitrogens is 1. The summed E-state index contributed by atoms with van der Waals surface area (Å²) in [5.41, 5.74) is 3.21. The van der Waals surface area contributed by atoms with Crippen molar-refractivity contribution in [2.24, 2.45) is 0 Å². The maximum atomic E-state index is 12.8. The highest BCUT2D eigenvalue weighted by Crippen LogP contribution is 2.26. The number of carbonyl (C=O) groups is 1. The second kappa shape index (κ2) is 8.80. The van der Waals surface area contributed by atoms with Crippen LogP contribution in [-0.4, -0.2) is 53.1 Å². The van der Waals surface area contributed by atoms with E-state index in [1.807, 2.05) is 11.0 Å². The average Bonchev–Trinajstić information content (AvgIpc) is 3.50. The Bertz CT molecular complexity index is 880. The quantitative estimate of drug-likeness (QED) is 0.751. The van der Waals surface area contributed by atoms with Gasteiger partial charge in [-0.25, -0.2) is 0 Å². The van der Waals surface area contributed by atoms with Crippen LogP contribution in [0.4, 0.5) is 0 Å². The average molecular weight is 410 g/mol. The zero-order valence-electron chi connectivity index (χ0n) is 17.6. The molecule has 0 radical (unpaired) electrons. The monoisotopic (exact) mass is 409 g/mol. The molecule has 0 unspecified atom stereocenters. The third-order valence-electron chi connectivity index (χ3n) is 6.92. The maximum Gasteiger partial charge on any atom is 0.276 e. The lowest BCUT2D eigenvalue weighted by atomic mass is 9.92. The highest BCUT2D eigenvalue weighted by atomic mass is 16.5. The summed E-state index contributed by atoms with van der Waals surface area (Å²) in [7, 11) is 0. The molecule has 1 aromatic carbocycles. The number of ether oxygens (including phenoxy) is 1. The number of fused-ring (bicyclic) bond motifs is 1. The van der Waals surface area contributed by atoms with Gasteiger partial charge in [-0.2, -0.15) is 0 Å². The van der Waals surface area contributed by atoms with Crippen LogP contribution in [0.3, 0.4) is 0 Å². The molecule has 2 heterocycles. The molecule has 160 valence electrons. The molecular weight excluding hydrogens is 378 g/mol. The van der Waals surface area contributed by atoms with E-state index >= 15 is 0 Å². The Labute approximate surface area is 178 Å². The second-order valence-electron chi connectivity index (χ2n) is 8.87. The van der Waals surface area contributed by atoms with Crippen LogP contribution in [0.5, 0.6) is 5.75 Å². The fourth-order valence-electron chi connectivity index (χ4n) is 5.16. The van der Waals surface area contributed by atoms with Gasteiger partial charge in [-0.3, -0.25) is 9.69 Å². The van der Waals surface area contributed by atoms with E-state index in [9.17, 15) is 4.79 Å². The molecule has 1 aromatic heterocycles. The molecule has 30 heavy (non-hydrogen) atoms. The molecule has 1 saturated heterocycles. The normalized spacial score (nSPS) is 20.3. The number of nitrogens with zero attached hydrogens (tertiary/aromatic N) is 3. The van der Waals surface area contributed by atoms with Crippen LogP contribution in [0.25, 0.3) is 0 Å². The zero-order valence-corrected chi connectivity index (χ0v) is 17.6. The smallest absolute Gasteiger partial charge is 0.276 e. The number of rotatable bonds is 5. The molecule has 2 aliphatic carbocycles. The summed E-state index contributed by atoms with van der Waals surface area (Å²) >= 11 is 0. The van der Waals surface area contributed by atoms with Crippen molar-refractivity contribution in [3.05, 3.63) is 46.8 Å². The number of carbonyl (C=O) groups excluding carboxylic acids is 1. The first-order valence-corrected chi connectivity index (χ1v) is 11.5. The van der Waals surface area contributed by atoms with E-state index in [4.69, 9.17) is 9.26 Å². The molecule has 1 saturated carbocycles. The molecular formula is C24H31N3O3. The number of benzene rings is 1. The molecule has 3 aliphatic rings. The Morgan fingerprint density at radius 1 is 1.00 bits per heavy atom. The van der Waals surface area contributed by atoms with Crippen LogP contribution in [0.1, 0.15) is 65.9 Å². The molecule has 2 aromatic rings. The predicted molar refractivity (Wildman–Crippen MR) is 114 cm³/mol. The van der Waals surface area contributed by atoms with Gasteiger partial charge in [0.05, 0.1) is 0 Å². The number of piperazine rings is 1. The van der Waals surface area contributed by atoms with Gasteiger partial charge in [0.25, 0.3) is 5.91 Å². The van der Waals surface area contributed by atoms with Crippen molar-refractivity contribution in [3.8, 4) is 5.75 Å². The number of hydrogen-bond donors (Lipinski definition) is 0. The first-order valence-electron chi connectivity index (χ1n) is 11.5. The molecule has 6 nitrogen and oxygen atoms in total. The highest BCUT2D eigenvalue weighted by molar-refractivity contribution is 5.92. The first kappa shape index (κ1) is 19.6. The minimum atomic E-state index is -0.0372. The fourth-order valence-corrected chi connectivity index (χ4v) is 5.16. The third-order valence-corrected chi connectivity index (χ3v) is 6.92. The summed E-state index contributed by atoms with van der Waals surface area (Å²) in [5.74, 6) is 1.40. The van der Waals surface area contributed by atoms with E-state index in [0.717, 1.165) is 50.8 Å². The standard InChI is InChI=1S/C24H31N3O3/c28-24(27-13-11-26(12-14-27)20-7-3-4-8-20)23-16-22(30-25-23)17-29-21-10-9-18-5-1-2-6-19(18)15-21/h9-10,15-16,20H,1-8,11-14,17H2. The molecule has 1 aliphatic heterocycles. The largest absolute Gasteiger partial charge is 0.486 e. The van der Waals surface area contributed by atoms with Gasteiger partial charge in [-0.05, 0) is 61.8 Å². The second-order valence-corrected chi connectivity index (χ2v) is 8.87. The van der Waals surface area contributed by atoms with Gasteiger partial charge >= 0.3 is 0 Å². The van der Waals surface area contributed by atoms with Crippen molar-refractivity contribution in [1.29, 1.82) is 0 Å². The van der Waals surface area contributed by atoms with Crippen LogP contribution >= 0.6 is 0 Å². The molecule has 0 N–H and O–H groups in total. The minimum Gasteiger partial charge on any atom is -0.486 e. The van der Waals surface area contributed by atoms with Crippen molar-refractivity contribution < 1.29 is 14.1 Å². The van der Waals surface area contributed by atoms with Crippen molar-refractivity contribution in [2.45, 2.75) is 64.0 Å². The maximum absolute atomic E-state index is 12.8. The summed E-state index contributed by atoms with van der Waals surface area (Å²) in [4.78, 5) is 17.3. The zero-order chi connectivity index (χ0) is 20.3. The molecule has 0 bridgehead atoms. The molecule has 1 amide bonds. The van der Waals surface area contributed by atoms with E-state index in [2.05, 4.69) is 22.2 Å². The summed E-state index contributed by atoms with van der Waals surface area (Å²) in [6.45, 7) is 3.74. The van der Waals surface area contributed by atoms with Gasteiger partial charge < -0.3 is 14.2 Å². The third kappa shape index (κ3) is 4.24. The predicted octanol–water partition coefficient (Wildman–Crippen LogP) is 3.83.